The first kappa shape index (κ1) is 17.4. The molecule has 0 spiro atoms. The number of hydrogen-bond acceptors (Lipinski definition) is 5. The molecule has 1 aliphatic heterocycles. The van der Waals surface area contributed by atoms with Gasteiger partial charge in [0, 0.05) is 23.8 Å². The molecule has 0 radical (unpaired) electrons. The number of benzene rings is 1. The van der Waals surface area contributed by atoms with Crippen LogP contribution in [0.4, 0.5) is 0 Å². The van der Waals surface area contributed by atoms with Gasteiger partial charge in [0.05, 0.1) is 11.6 Å². The fourth-order valence-electron chi connectivity index (χ4n) is 2.50. The summed E-state index contributed by atoms with van der Waals surface area (Å²) < 4.78 is 32.6. The Hall–Kier alpha value is -1.41. The minimum atomic E-state index is -3.72. The zero-order chi connectivity index (χ0) is 17.3. The van der Waals surface area contributed by atoms with Gasteiger partial charge in [-0.25, -0.2) is 13.4 Å². The molecule has 1 unspecified atom stereocenters. The Morgan fingerprint density at radius 3 is 2.83 bits per heavy atom. The fraction of sp³-hybridized carbons (Fsp3) is 0.333. The average Bonchev–Trinajstić information content (AvgIpc) is 2.99. The molecule has 6 nitrogen and oxygen atoms in total. The zero-order valence-electron chi connectivity index (χ0n) is 12.8. The van der Waals surface area contributed by atoms with E-state index >= 15 is 0 Å². The molecular formula is C15H15Cl2N3O3S. The minimum absolute atomic E-state index is 0.00944. The van der Waals surface area contributed by atoms with Crippen molar-refractivity contribution in [3.8, 4) is 5.88 Å². The Kier molecular flexibility index (Phi) is 4.96. The lowest BCUT2D eigenvalue weighted by Gasteiger charge is -2.18. The Balaban J connectivity index is 1.76. The van der Waals surface area contributed by atoms with Crippen molar-refractivity contribution in [1.82, 2.24) is 14.3 Å². The summed E-state index contributed by atoms with van der Waals surface area (Å²) in [7, 11) is -3.72. The molecule has 2 heterocycles. The normalized spacial score (nSPS) is 18.7. The van der Waals surface area contributed by atoms with Gasteiger partial charge < -0.3 is 4.74 Å². The first-order valence-electron chi connectivity index (χ1n) is 7.28. The summed E-state index contributed by atoms with van der Waals surface area (Å²) in [6, 6.07) is 6.04. The number of nitrogens with zero attached hydrogens (tertiary/aromatic N) is 3. The van der Waals surface area contributed by atoms with Crippen LogP contribution in [-0.4, -0.2) is 41.9 Å². The molecule has 24 heavy (non-hydrogen) atoms. The van der Waals surface area contributed by atoms with E-state index in [1.807, 2.05) is 0 Å². The molecule has 2 aromatic rings. The van der Waals surface area contributed by atoms with E-state index in [-0.39, 0.29) is 22.6 Å². The van der Waals surface area contributed by atoms with Gasteiger partial charge >= 0.3 is 0 Å². The van der Waals surface area contributed by atoms with Gasteiger partial charge in [0.1, 0.15) is 16.8 Å². The van der Waals surface area contributed by atoms with Gasteiger partial charge in [-0.15, -0.1) is 0 Å². The average molecular weight is 388 g/mol. The van der Waals surface area contributed by atoms with Crippen LogP contribution in [0.5, 0.6) is 5.88 Å². The lowest BCUT2D eigenvalue weighted by atomic mass is 10.3. The van der Waals surface area contributed by atoms with Crippen molar-refractivity contribution in [2.24, 2.45) is 0 Å². The molecule has 1 aromatic carbocycles. The topological polar surface area (TPSA) is 72.4 Å². The number of ether oxygens (including phenoxy) is 1. The molecule has 0 saturated carbocycles. The molecule has 0 bridgehead atoms. The summed E-state index contributed by atoms with van der Waals surface area (Å²) in [5.74, 6) is 1.04. The maximum atomic E-state index is 12.8. The Morgan fingerprint density at radius 2 is 2.08 bits per heavy atom. The lowest BCUT2D eigenvalue weighted by Crippen LogP contribution is -2.31. The smallest absolute Gasteiger partial charge is 0.244 e. The summed E-state index contributed by atoms with van der Waals surface area (Å²) >= 11 is 11.9. The molecule has 0 N–H and O–H groups in total. The molecule has 3 rings (SSSR count). The minimum Gasteiger partial charge on any atom is -0.473 e. The molecule has 0 aliphatic carbocycles. The van der Waals surface area contributed by atoms with E-state index in [0.717, 1.165) is 0 Å². The summed E-state index contributed by atoms with van der Waals surface area (Å²) in [6.07, 6.45) is 1.90. The second kappa shape index (κ2) is 6.84. The number of hydrogen-bond donors (Lipinski definition) is 0. The van der Waals surface area contributed by atoms with Crippen LogP contribution in [0, 0.1) is 6.92 Å². The third kappa shape index (κ3) is 3.64. The van der Waals surface area contributed by atoms with Crippen molar-refractivity contribution in [1.29, 1.82) is 0 Å². The maximum Gasteiger partial charge on any atom is 0.244 e. The second-order valence-corrected chi connectivity index (χ2v) is 8.16. The molecule has 1 saturated heterocycles. The van der Waals surface area contributed by atoms with Crippen LogP contribution in [0.25, 0.3) is 0 Å². The molecule has 9 heteroatoms. The summed E-state index contributed by atoms with van der Waals surface area (Å²) in [5.41, 5.74) is 0. The van der Waals surface area contributed by atoms with E-state index in [9.17, 15) is 8.42 Å². The summed E-state index contributed by atoms with van der Waals surface area (Å²) in [4.78, 5) is 8.18. The Morgan fingerprint density at radius 1 is 1.29 bits per heavy atom. The SMILES string of the molecule is Cc1nccc(OC2CCN(S(=O)(=O)c3cc(Cl)ccc3Cl)C2)n1. The van der Waals surface area contributed by atoms with E-state index < -0.39 is 10.0 Å². The highest BCUT2D eigenvalue weighted by atomic mass is 35.5. The maximum absolute atomic E-state index is 12.8. The first-order valence-corrected chi connectivity index (χ1v) is 9.47. The van der Waals surface area contributed by atoms with Crippen LogP contribution in [0.2, 0.25) is 10.0 Å². The van der Waals surface area contributed by atoms with Crippen LogP contribution in [0.15, 0.2) is 35.4 Å². The Labute approximate surface area is 150 Å². The Bertz CT molecular complexity index is 861. The standard InChI is InChI=1S/C15H15Cl2N3O3S/c1-10-18-6-4-15(19-10)23-12-5-7-20(9-12)24(21,22)14-8-11(16)2-3-13(14)17/h2-4,6,8,12H,5,7,9H2,1H3. The van der Waals surface area contributed by atoms with E-state index in [4.69, 9.17) is 27.9 Å². The van der Waals surface area contributed by atoms with Gasteiger partial charge in [0.25, 0.3) is 0 Å². The monoisotopic (exact) mass is 387 g/mol. The molecule has 1 atom stereocenters. The largest absolute Gasteiger partial charge is 0.473 e. The van der Waals surface area contributed by atoms with Crippen molar-refractivity contribution in [3.63, 3.8) is 0 Å². The fourth-order valence-corrected chi connectivity index (χ4v) is 4.72. The van der Waals surface area contributed by atoms with Crippen LogP contribution in [0.3, 0.4) is 0 Å². The van der Waals surface area contributed by atoms with Gasteiger partial charge in [-0.2, -0.15) is 9.29 Å². The van der Waals surface area contributed by atoms with Gasteiger partial charge in [0.15, 0.2) is 0 Å². The van der Waals surface area contributed by atoms with Crippen molar-refractivity contribution < 1.29 is 13.2 Å². The van der Waals surface area contributed by atoms with Gasteiger partial charge in [-0.05, 0) is 31.5 Å². The van der Waals surface area contributed by atoms with Crippen molar-refractivity contribution in [3.05, 3.63) is 46.3 Å². The van der Waals surface area contributed by atoms with Crippen LogP contribution in [0.1, 0.15) is 12.2 Å². The van der Waals surface area contributed by atoms with E-state index in [2.05, 4.69) is 9.97 Å². The third-order valence-electron chi connectivity index (χ3n) is 3.66. The van der Waals surface area contributed by atoms with Gasteiger partial charge in [-0.1, -0.05) is 23.2 Å². The summed E-state index contributed by atoms with van der Waals surface area (Å²) in [6.45, 7) is 2.34. The highest BCUT2D eigenvalue weighted by Gasteiger charge is 2.35. The van der Waals surface area contributed by atoms with Gasteiger partial charge in [-0.3, -0.25) is 0 Å². The van der Waals surface area contributed by atoms with Crippen molar-refractivity contribution in [2.45, 2.75) is 24.3 Å². The molecule has 1 aromatic heterocycles. The molecule has 128 valence electrons. The highest BCUT2D eigenvalue weighted by molar-refractivity contribution is 7.89. The van der Waals surface area contributed by atoms with Crippen molar-refractivity contribution in [2.75, 3.05) is 13.1 Å². The highest BCUT2D eigenvalue weighted by Crippen LogP contribution is 2.30. The van der Waals surface area contributed by atoms with Crippen LogP contribution < -0.4 is 4.74 Å². The van der Waals surface area contributed by atoms with E-state index in [1.54, 1.807) is 25.3 Å². The molecule has 1 fully saturated rings. The predicted molar refractivity (Wildman–Crippen MR) is 91.0 cm³/mol. The number of sulfonamides is 1. The molecular weight excluding hydrogens is 373 g/mol. The quantitative estimate of drug-likeness (QED) is 0.806. The van der Waals surface area contributed by atoms with Crippen LogP contribution >= 0.6 is 23.2 Å². The third-order valence-corrected chi connectivity index (χ3v) is 6.24. The molecule has 1 aliphatic rings. The number of aryl methyl sites for hydroxylation is 1. The number of halogens is 2. The van der Waals surface area contributed by atoms with Gasteiger partial charge in [0.2, 0.25) is 15.9 Å². The zero-order valence-corrected chi connectivity index (χ0v) is 15.1. The summed E-state index contributed by atoms with van der Waals surface area (Å²) in [5, 5.41) is 0.469. The van der Waals surface area contributed by atoms with E-state index in [0.29, 0.717) is 29.7 Å². The second-order valence-electron chi connectivity index (χ2n) is 5.41. The van der Waals surface area contributed by atoms with Crippen LogP contribution in [-0.2, 0) is 10.0 Å². The molecule has 0 amide bonds. The predicted octanol–water partition coefficient (Wildman–Crippen LogP) is 2.93. The van der Waals surface area contributed by atoms with E-state index in [1.165, 1.54) is 16.4 Å². The number of rotatable bonds is 4. The first-order chi connectivity index (χ1) is 11.4. The lowest BCUT2D eigenvalue weighted by molar-refractivity contribution is 0.206. The van der Waals surface area contributed by atoms with Crippen molar-refractivity contribution >= 4 is 33.2 Å². The number of aromatic nitrogens is 2.